The third-order valence-electron chi connectivity index (χ3n) is 4.08. The van der Waals surface area contributed by atoms with Crippen molar-refractivity contribution in [2.45, 2.75) is 31.8 Å². The average Bonchev–Trinajstić information content (AvgIpc) is 2.49. The van der Waals surface area contributed by atoms with Gasteiger partial charge in [0.05, 0.1) is 0 Å². The zero-order valence-corrected chi connectivity index (χ0v) is 13.2. The summed E-state index contributed by atoms with van der Waals surface area (Å²) in [5.74, 6) is -0.303. The van der Waals surface area contributed by atoms with Crippen LogP contribution in [0, 0.1) is 0 Å². The first-order valence-corrected chi connectivity index (χ1v) is 7.31. The van der Waals surface area contributed by atoms with Crippen LogP contribution in [0.2, 0.25) is 0 Å². The van der Waals surface area contributed by atoms with Crippen LogP contribution in [0.3, 0.4) is 0 Å². The molecule has 3 N–H and O–H groups in total. The fraction of sp³-hybridized carbons (Fsp3) is 0.375. The summed E-state index contributed by atoms with van der Waals surface area (Å²) >= 11 is 0. The highest BCUT2D eigenvalue weighted by atomic mass is 35.5. The Labute approximate surface area is 134 Å². The Kier molecular flexibility index (Phi) is 5.21. The quantitative estimate of drug-likeness (QED) is 0.790. The minimum atomic E-state index is -0.345. The molecule has 1 aliphatic heterocycles. The number of halogens is 1. The van der Waals surface area contributed by atoms with Crippen molar-refractivity contribution in [2.75, 3.05) is 6.54 Å². The molecule has 3 rings (SSSR count). The summed E-state index contributed by atoms with van der Waals surface area (Å²) in [7, 11) is 0. The number of piperidine rings is 1. The van der Waals surface area contributed by atoms with Gasteiger partial charge in [0.1, 0.15) is 5.56 Å². The minimum absolute atomic E-state index is 0. The maximum Gasteiger partial charge on any atom is 0.261 e. The van der Waals surface area contributed by atoms with Crippen LogP contribution in [0.5, 0.6) is 0 Å². The van der Waals surface area contributed by atoms with E-state index in [1.54, 1.807) is 6.07 Å². The molecular formula is C16H20ClN3O2. The first kappa shape index (κ1) is 16.5. The SMILES string of the molecule is CC1NCCCC1NC(=O)c1cc2ccccc2[nH]c1=O.Cl. The van der Waals surface area contributed by atoms with Crippen LogP contribution in [-0.4, -0.2) is 29.5 Å². The minimum Gasteiger partial charge on any atom is -0.348 e. The number of H-pyrrole nitrogens is 1. The first-order chi connectivity index (χ1) is 10.1. The number of aromatic nitrogens is 1. The number of aromatic amines is 1. The van der Waals surface area contributed by atoms with Gasteiger partial charge in [-0.1, -0.05) is 18.2 Å². The summed E-state index contributed by atoms with van der Waals surface area (Å²) in [5.41, 5.74) is 0.570. The van der Waals surface area contributed by atoms with Gasteiger partial charge in [0.15, 0.2) is 0 Å². The number of benzene rings is 1. The number of fused-ring (bicyclic) bond motifs is 1. The van der Waals surface area contributed by atoms with Crippen LogP contribution in [0.25, 0.3) is 10.9 Å². The molecule has 6 heteroatoms. The lowest BCUT2D eigenvalue weighted by Crippen LogP contribution is -2.52. The van der Waals surface area contributed by atoms with Crippen molar-refractivity contribution in [1.29, 1.82) is 0 Å². The zero-order valence-electron chi connectivity index (χ0n) is 12.4. The Bertz CT molecular complexity index is 729. The second kappa shape index (κ2) is 6.94. The van der Waals surface area contributed by atoms with Gasteiger partial charge in [-0.3, -0.25) is 9.59 Å². The number of para-hydroxylation sites is 1. The molecule has 0 radical (unpaired) electrons. The van der Waals surface area contributed by atoms with E-state index in [1.165, 1.54) is 0 Å². The topological polar surface area (TPSA) is 74.0 Å². The van der Waals surface area contributed by atoms with Crippen LogP contribution < -0.4 is 16.2 Å². The summed E-state index contributed by atoms with van der Waals surface area (Å²) in [6, 6.07) is 9.39. The van der Waals surface area contributed by atoms with Crippen LogP contribution in [-0.2, 0) is 0 Å². The van der Waals surface area contributed by atoms with E-state index in [0.29, 0.717) is 0 Å². The number of hydrogen-bond donors (Lipinski definition) is 3. The normalized spacial score (nSPS) is 21.1. The fourth-order valence-electron chi connectivity index (χ4n) is 2.80. The predicted octanol–water partition coefficient (Wildman–Crippen LogP) is 1.82. The lowest BCUT2D eigenvalue weighted by atomic mass is 9.99. The van der Waals surface area contributed by atoms with Crippen molar-refractivity contribution in [1.82, 2.24) is 15.6 Å². The highest BCUT2D eigenvalue weighted by Crippen LogP contribution is 2.12. The van der Waals surface area contributed by atoms with Crippen molar-refractivity contribution in [2.24, 2.45) is 0 Å². The van der Waals surface area contributed by atoms with Gasteiger partial charge < -0.3 is 15.6 Å². The second-order valence-corrected chi connectivity index (χ2v) is 5.56. The van der Waals surface area contributed by atoms with Crippen LogP contribution in [0.15, 0.2) is 35.1 Å². The maximum atomic E-state index is 12.4. The van der Waals surface area contributed by atoms with Crippen molar-refractivity contribution in [3.8, 4) is 0 Å². The van der Waals surface area contributed by atoms with E-state index >= 15 is 0 Å². The molecule has 0 spiro atoms. The van der Waals surface area contributed by atoms with Gasteiger partial charge in [-0.05, 0) is 43.8 Å². The lowest BCUT2D eigenvalue weighted by molar-refractivity contribution is 0.0918. The van der Waals surface area contributed by atoms with Crippen LogP contribution in [0.1, 0.15) is 30.1 Å². The Morgan fingerprint density at radius 2 is 2.09 bits per heavy atom. The summed E-state index contributed by atoms with van der Waals surface area (Å²) in [4.78, 5) is 27.2. The number of carbonyl (C=O) groups is 1. The molecule has 118 valence electrons. The van der Waals surface area contributed by atoms with E-state index in [9.17, 15) is 9.59 Å². The van der Waals surface area contributed by atoms with E-state index in [4.69, 9.17) is 0 Å². The average molecular weight is 322 g/mol. The summed E-state index contributed by atoms with van der Waals surface area (Å²) in [5, 5.41) is 7.16. The molecule has 2 unspecified atom stereocenters. The van der Waals surface area contributed by atoms with Crippen molar-refractivity contribution >= 4 is 29.2 Å². The van der Waals surface area contributed by atoms with Gasteiger partial charge >= 0.3 is 0 Å². The van der Waals surface area contributed by atoms with E-state index < -0.39 is 0 Å². The van der Waals surface area contributed by atoms with E-state index in [0.717, 1.165) is 30.3 Å². The van der Waals surface area contributed by atoms with E-state index in [1.807, 2.05) is 24.3 Å². The highest BCUT2D eigenvalue weighted by molar-refractivity contribution is 5.97. The maximum absolute atomic E-state index is 12.4. The summed E-state index contributed by atoms with van der Waals surface area (Å²) < 4.78 is 0. The molecule has 0 saturated carbocycles. The monoisotopic (exact) mass is 321 g/mol. The zero-order chi connectivity index (χ0) is 14.8. The molecule has 1 aromatic carbocycles. The Morgan fingerprint density at radius 1 is 1.32 bits per heavy atom. The number of amides is 1. The Balaban J connectivity index is 0.00000176. The van der Waals surface area contributed by atoms with Gasteiger partial charge in [-0.25, -0.2) is 0 Å². The van der Waals surface area contributed by atoms with Gasteiger partial charge in [-0.15, -0.1) is 12.4 Å². The number of pyridine rings is 1. The van der Waals surface area contributed by atoms with Crippen LogP contribution in [0.4, 0.5) is 0 Å². The van der Waals surface area contributed by atoms with E-state index in [2.05, 4.69) is 22.5 Å². The van der Waals surface area contributed by atoms with Crippen molar-refractivity contribution in [3.05, 3.63) is 46.2 Å². The smallest absolute Gasteiger partial charge is 0.261 e. The molecule has 1 amide bonds. The molecule has 5 nitrogen and oxygen atoms in total. The molecule has 2 atom stereocenters. The Morgan fingerprint density at radius 3 is 2.86 bits per heavy atom. The van der Waals surface area contributed by atoms with Crippen LogP contribution >= 0.6 is 12.4 Å². The molecule has 1 aromatic heterocycles. The molecule has 0 aliphatic carbocycles. The molecule has 2 aromatic rings. The standard InChI is InChI=1S/C16H19N3O2.ClH/c1-10-13(7-4-8-17-10)18-15(20)12-9-11-5-2-3-6-14(11)19-16(12)21;/h2-3,5-6,9-10,13,17H,4,7-8H2,1H3,(H,18,20)(H,19,21);1H. The van der Waals surface area contributed by atoms with E-state index in [-0.39, 0.29) is 41.5 Å². The Hall–Kier alpha value is -1.85. The molecule has 1 fully saturated rings. The highest BCUT2D eigenvalue weighted by Gasteiger charge is 2.23. The number of carbonyl (C=O) groups excluding carboxylic acids is 1. The van der Waals surface area contributed by atoms with Crippen molar-refractivity contribution in [3.63, 3.8) is 0 Å². The third kappa shape index (κ3) is 3.31. The fourth-order valence-corrected chi connectivity index (χ4v) is 2.80. The largest absolute Gasteiger partial charge is 0.348 e. The lowest BCUT2D eigenvalue weighted by Gasteiger charge is -2.30. The van der Waals surface area contributed by atoms with Gasteiger partial charge in [0, 0.05) is 17.6 Å². The van der Waals surface area contributed by atoms with Gasteiger partial charge in [-0.2, -0.15) is 0 Å². The molecule has 22 heavy (non-hydrogen) atoms. The molecular weight excluding hydrogens is 302 g/mol. The number of hydrogen-bond acceptors (Lipinski definition) is 3. The number of nitrogens with one attached hydrogen (secondary N) is 3. The predicted molar refractivity (Wildman–Crippen MR) is 89.8 cm³/mol. The molecule has 1 aliphatic rings. The summed E-state index contributed by atoms with van der Waals surface area (Å²) in [6.07, 6.45) is 1.97. The first-order valence-electron chi connectivity index (χ1n) is 7.31. The third-order valence-corrected chi connectivity index (χ3v) is 4.08. The summed E-state index contributed by atoms with van der Waals surface area (Å²) in [6.45, 7) is 3.03. The second-order valence-electron chi connectivity index (χ2n) is 5.56. The number of rotatable bonds is 2. The van der Waals surface area contributed by atoms with Gasteiger partial charge in [0.2, 0.25) is 0 Å². The molecule has 1 saturated heterocycles. The van der Waals surface area contributed by atoms with Gasteiger partial charge in [0.25, 0.3) is 11.5 Å². The molecule has 2 heterocycles. The molecule has 0 bridgehead atoms. The van der Waals surface area contributed by atoms with Crippen molar-refractivity contribution < 1.29 is 4.79 Å².